The number of methoxy groups -OCH3 is 2. The Kier molecular flexibility index (Phi) is 5.20. The van der Waals surface area contributed by atoms with Crippen LogP contribution in [0.1, 0.15) is 10.4 Å². The first-order chi connectivity index (χ1) is 11.3. The van der Waals surface area contributed by atoms with E-state index in [2.05, 4.69) is 4.72 Å². The lowest BCUT2D eigenvalue weighted by Crippen LogP contribution is -2.14. The number of sulfonamides is 1. The SMILES string of the molecule is COc1cc(Cl)c(NS(=O)(=O)c2cccc(C(=O)O)c2)cc1OC. The van der Waals surface area contributed by atoms with Gasteiger partial charge in [0.05, 0.1) is 35.4 Å². The predicted molar refractivity (Wildman–Crippen MR) is 88.8 cm³/mol. The van der Waals surface area contributed by atoms with Gasteiger partial charge in [-0.05, 0) is 18.2 Å². The Morgan fingerprint density at radius 2 is 1.75 bits per heavy atom. The smallest absolute Gasteiger partial charge is 0.335 e. The highest BCUT2D eigenvalue weighted by Crippen LogP contribution is 2.36. The van der Waals surface area contributed by atoms with Crippen molar-refractivity contribution in [3.8, 4) is 11.5 Å². The topological polar surface area (TPSA) is 102 Å². The van der Waals surface area contributed by atoms with Crippen LogP contribution in [0.15, 0.2) is 41.3 Å². The van der Waals surface area contributed by atoms with Crippen molar-refractivity contribution in [2.75, 3.05) is 18.9 Å². The van der Waals surface area contributed by atoms with Crippen molar-refractivity contribution < 1.29 is 27.8 Å². The number of carbonyl (C=O) groups is 1. The highest BCUT2D eigenvalue weighted by Gasteiger charge is 2.19. The number of carboxylic acid groups (broad SMARTS) is 1. The van der Waals surface area contributed by atoms with Crippen LogP contribution < -0.4 is 14.2 Å². The summed E-state index contributed by atoms with van der Waals surface area (Å²) in [5.41, 5.74) is -0.0636. The number of carboxylic acids is 1. The number of hydrogen-bond donors (Lipinski definition) is 2. The van der Waals surface area contributed by atoms with E-state index in [9.17, 15) is 13.2 Å². The molecule has 2 rings (SSSR count). The lowest BCUT2D eigenvalue weighted by atomic mass is 10.2. The van der Waals surface area contributed by atoms with Gasteiger partial charge in [-0.15, -0.1) is 0 Å². The fourth-order valence-electron chi connectivity index (χ4n) is 1.93. The summed E-state index contributed by atoms with van der Waals surface area (Å²) >= 11 is 6.06. The summed E-state index contributed by atoms with van der Waals surface area (Å²) in [5.74, 6) is -0.589. The zero-order valence-electron chi connectivity index (χ0n) is 12.7. The molecule has 0 radical (unpaired) electrons. The number of halogens is 1. The maximum atomic E-state index is 12.4. The molecular weight excluding hydrogens is 358 g/mol. The van der Waals surface area contributed by atoms with Crippen LogP contribution in [-0.2, 0) is 10.0 Å². The molecular formula is C15H14ClNO6S. The van der Waals surface area contributed by atoms with E-state index in [1.54, 1.807) is 0 Å². The molecule has 0 atom stereocenters. The van der Waals surface area contributed by atoms with Crippen molar-refractivity contribution >= 4 is 33.3 Å². The van der Waals surface area contributed by atoms with E-state index in [0.717, 1.165) is 6.07 Å². The normalized spacial score (nSPS) is 11.0. The van der Waals surface area contributed by atoms with Gasteiger partial charge in [-0.3, -0.25) is 4.72 Å². The zero-order chi connectivity index (χ0) is 17.9. The Morgan fingerprint density at radius 3 is 2.33 bits per heavy atom. The highest BCUT2D eigenvalue weighted by molar-refractivity contribution is 7.92. The third kappa shape index (κ3) is 3.72. The molecule has 0 fully saturated rings. The van der Waals surface area contributed by atoms with Crippen molar-refractivity contribution in [2.24, 2.45) is 0 Å². The van der Waals surface area contributed by atoms with Gasteiger partial charge in [0.25, 0.3) is 10.0 Å². The molecule has 0 unspecified atom stereocenters. The summed E-state index contributed by atoms with van der Waals surface area (Å²) in [4.78, 5) is 10.8. The largest absolute Gasteiger partial charge is 0.493 e. The van der Waals surface area contributed by atoms with Gasteiger partial charge in [-0.2, -0.15) is 0 Å². The Morgan fingerprint density at radius 1 is 1.12 bits per heavy atom. The van der Waals surface area contributed by atoms with Crippen LogP contribution in [0.3, 0.4) is 0 Å². The first-order valence-corrected chi connectivity index (χ1v) is 8.42. The molecule has 0 bridgehead atoms. The standard InChI is InChI=1S/C15H14ClNO6S/c1-22-13-7-11(16)12(8-14(13)23-2)17-24(20,21)10-5-3-4-9(6-10)15(18)19/h3-8,17H,1-2H3,(H,18,19). The molecule has 0 saturated carbocycles. The van der Waals surface area contributed by atoms with Crippen LogP contribution in [0.25, 0.3) is 0 Å². The highest BCUT2D eigenvalue weighted by atomic mass is 35.5. The van der Waals surface area contributed by atoms with Gasteiger partial charge in [0.2, 0.25) is 0 Å². The van der Waals surface area contributed by atoms with Crippen LogP contribution >= 0.6 is 11.6 Å². The van der Waals surface area contributed by atoms with E-state index in [1.807, 2.05) is 0 Å². The molecule has 0 amide bonds. The van der Waals surface area contributed by atoms with Crippen molar-refractivity contribution in [2.45, 2.75) is 4.90 Å². The lowest BCUT2D eigenvalue weighted by molar-refractivity contribution is 0.0696. The van der Waals surface area contributed by atoms with Gasteiger partial charge < -0.3 is 14.6 Å². The molecule has 0 saturated heterocycles. The number of benzene rings is 2. The maximum absolute atomic E-state index is 12.4. The lowest BCUT2D eigenvalue weighted by Gasteiger charge is -2.14. The minimum atomic E-state index is -4.03. The number of hydrogen-bond acceptors (Lipinski definition) is 5. The second kappa shape index (κ2) is 6.98. The molecule has 2 N–H and O–H groups in total. The van der Waals surface area contributed by atoms with Crippen molar-refractivity contribution in [3.63, 3.8) is 0 Å². The van der Waals surface area contributed by atoms with E-state index in [4.69, 9.17) is 26.2 Å². The van der Waals surface area contributed by atoms with Crippen molar-refractivity contribution in [1.29, 1.82) is 0 Å². The van der Waals surface area contributed by atoms with Gasteiger partial charge in [-0.25, -0.2) is 13.2 Å². The molecule has 128 valence electrons. The maximum Gasteiger partial charge on any atom is 0.335 e. The van der Waals surface area contributed by atoms with Gasteiger partial charge in [0.1, 0.15) is 0 Å². The minimum absolute atomic E-state index is 0.0787. The quantitative estimate of drug-likeness (QED) is 0.809. The van der Waals surface area contributed by atoms with E-state index < -0.39 is 16.0 Å². The van der Waals surface area contributed by atoms with Crippen LogP contribution in [0.4, 0.5) is 5.69 Å². The summed E-state index contributed by atoms with van der Waals surface area (Å²) in [6, 6.07) is 7.76. The monoisotopic (exact) mass is 371 g/mol. The Balaban J connectivity index is 2.43. The van der Waals surface area contributed by atoms with Crippen LogP contribution in [0.2, 0.25) is 5.02 Å². The van der Waals surface area contributed by atoms with E-state index >= 15 is 0 Å². The second-order valence-electron chi connectivity index (χ2n) is 4.63. The average molecular weight is 372 g/mol. The minimum Gasteiger partial charge on any atom is -0.493 e. The molecule has 0 aliphatic carbocycles. The molecule has 7 nitrogen and oxygen atoms in total. The Bertz CT molecular complexity index is 882. The second-order valence-corrected chi connectivity index (χ2v) is 6.72. The molecule has 9 heteroatoms. The fraction of sp³-hybridized carbons (Fsp3) is 0.133. The molecule has 0 heterocycles. The van der Waals surface area contributed by atoms with Crippen LogP contribution in [-0.4, -0.2) is 33.7 Å². The third-order valence-corrected chi connectivity index (χ3v) is 4.78. The molecule has 0 aromatic heterocycles. The van der Waals surface area contributed by atoms with E-state index in [0.29, 0.717) is 11.5 Å². The first kappa shape index (κ1) is 17.9. The number of anilines is 1. The number of ether oxygens (including phenoxy) is 2. The van der Waals surface area contributed by atoms with E-state index in [1.165, 1.54) is 44.6 Å². The molecule has 2 aromatic carbocycles. The first-order valence-electron chi connectivity index (χ1n) is 6.56. The van der Waals surface area contributed by atoms with E-state index in [-0.39, 0.29) is 21.2 Å². The summed E-state index contributed by atoms with van der Waals surface area (Å²) in [7, 11) is -1.20. The number of aromatic carboxylic acids is 1. The Labute approximate surface area is 143 Å². The summed E-state index contributed by atoms with van der Waals surface area (Å²) in [6.45, 7) is 0. The van der Waals surface area contributed by atoms with Crippen molar-refractivity contribution in [1.82, 2.24) is 0 Å². The molecule has 24 heavy (non-hydrogen) atoms. The molecule has 0 spiro atoms. The molecule has 0 aliphatic rings. The fourth-order valence-corrected chi connectivity index (χ4v) is 3.31. The third-order valence-electron chi connectivity index (χ3n) is 3.11. The summed E-state index contributed by atoms with van der Waals surface area (Å²) < 4.78 is 37.4. The van der Waals surface area contributed by atoms with Gasteiger partial charge in [0.15, 0.2) is 11.5 Å². The number of rotatable bonds is 6. The zero-order valence-corrected chi connectivity index (χ0v) is 14.3. The predicted octanol–water partition coefficient (Wildman–Crippen LogP) is 2.86. The Hall–Kier alpha value is -2.45. The molecule has 0 aliphatic heterocycles. The van der Waals surface area contributed by atoms with Gasteiger partial charge in [-0.1, -0.05) is 17.7 Å². The van der Waals surface area contributed by atoms with Crippen LogP contribution in [0, 0.1) is 0 Å². The summed E-state index contributed by atoms with van der Waals surface area (Å²) in [6.07, 6.45) is 0. The van der Waals surface area contributed by atoms with Crippen molar-refractivity contribution in [3.05, 3.63) is 47.0 Å². The number of nitrogens with one attached hydrogen (secondary N) is 1. The summed E-state index contributed by atoms with van der Waals surface area (Å²) in [5, 5.41) is 9.07. The van der Waals surface area contributed by atoms with Gasteiger partial charge in [0, 0.05) is 12.1 Å². The average Bonchev–Trinajstić information content (AvgIpc) is 2.56. The van der Waals surface area contributed by atoms with Crippen LogP contribution in [0.5, 0.6) is 11.5 Å². The molecule has 2 aromatic rings. The van der Waals surface area contributed by atoms with Gasteiger partial charge >= 0.3 is 5.97 Å².